The van der Waals surface area contributed by atoms with Crippen LogP contribution in [0.25, 0.3) is 0 Å². The molecule has 1 N–H and O–H groups in total. The number of hydrogen-bond acceptors (Lipinski definition) is 4. The molecule has 1 atom stereocenters. The van der Waals surface area contributed by atoms with E-state index in [1.807, 2.05) is 0 Å². The minimum Gasteiger partial charge on any atom is -0.382 e. The van der Waals surface area contributed by atoms with Crippen LogP contribution >= 0.6 is 11.6 Å². The van der Waals surface area contributed by atoms with Crippen LogP contribution in [0.5, 0.6) is 0 Å². The molecule has 9 heteroatoms. The van der Waals surface area contributed by atoms with Gasteiger partial charge in [0.1, 0.15) is 5.82 Å². The number of urea groups is 1. The second-order valence-corrected chi connectivity index (χ2v) is 7.89. The van der Waals surface area contributed by atoms with Gasteiger partial charge in [0.05, 0.1) is 5.71 Å². The molecule has 0 saturated carbocycles. The normalized spacial score (nSPS) is 18.8. The molecule has 1 saturated heterocycles. The topological polar surface area (TPSA) is 74.2 Å². The number of hydrogen-bond donors (Lipinski definition) is 1. The summed E-state index contributed by atoms with van der Waals surface area (Å²) in [5.41, 5.74) is 1.78. The summed E-state index contributed by atoms with van der Waals surface area (Å²) >= 11 is 5.96. The van der Waals surface area contributed by atoms with Gasteiger partial charge in [-0.2, -0.15) is 0 Å². The van der Waals surface area contributed by atoms with Crippen LogP contribution in [0.2, 0.25) is 5.02 Å². The lowest BCUT2D eigenvalue weighted by atomic mass is 10.0. The fourth-order valence-electron chi connectivity index (χ4n) is 3.66. The largest absolute Gasteiger partial charge is 0.382 e. The summed E-state index contributed by atoms with van der Waals surface area (Å²) in [7, 11) is 0. The molecule has 0 bridgehead atoms. The molecule has 3 amide bonds. The van der Waals surface area contributed by atoms with Crippen molar-refractivity contribution in [1.29, 1.82) is 0 Å². The second kappa shape index (κ2) is 9.34. The molecule has 2 heterocycles. The molecule has 2 aromatic carbocycles. The molecule has 4 rings (SSSR count). The molecule has 162 valence electrons. The lowest BCUT2D eigenvalue weighted by Crippen LogP contribution is -2.42. The number of amides is 3. The monoisotopic (exact) mass is 444 g/mol. The summed E-state index contributed by atoms with van der Waals surface area (Å²) < 4.78 is 13.5. The van der Waals surface area contributed by atoms with Crippen molar-refractivity contribution >= 4 is 34.9 Å². The van der Waals surface area contributed by atoms with Crippen molar-refractivity contribution in [2.24, 2.45) is 5.16 Å². The Kier molecular flexibility index (Phi) is 6.36. The van der Waals surface area contributed by atoms with Crippen LogP contribution in [0.15, 0.2) is 53.7 Å². The first-order chi connectivity index (χ1) is 15.0. The lowest BCUT2D eigenvalue weighted by Gasteiger charge is -2.24. The molecule has 2 aromatic rings. The first-order valence-electron chi connectivity index (χ1n) is 10.1. The Labute approximate surface area is 184 Å². The predicted octanol–water partition coefficient (Wildman–Crippen LogP) is 3.74. The maximum Gasteiger partial charge on any atom is 0.321 e. The van der Waals surface area contributed by atoms with E-state index in [9.17, 15) is 14.0 Å². The average molecular weight is 445 g/mol. The highest BCUT2D eigenvalue weighted by molar-refractivity contribution is 6.30. The van der Waals surface area contributed by atoms with Gasteiger partial charge in [-0.05, 0) is 36.8 Å². The number of carbonyl (C=O) groups excluding carboxylic acids is 2. The molecule has 0 spiro atoms. The van der Waals surface area contributed by atoms with E-state index in [0.29, 0.717) is 54.6 Å². The SMILES string of the molecule is O=C(Nc1cccc(Cl)c1)N1CCCN(C(=O)C2CC(c3cccc(F)c3)=NO2)CC1. The van der Waals surface area contributed by atoms with Crippen LogP contribution in [0, 0.1) is 5.82 Å². The Morgan fingerprint density at radius 2 is 1.84 bits per heavy atom. The molecule has 7 nitrogen and oxygen atoms in total. The number of nitrogens with one attached hydrogen (secondary N) is 1. The van der Waals surface area contributed by atoms with E-state index in [1.165, 1.54) is 12.1 Å². The first-order valence-corrected chi connectivity index (χ1v) is 10.5. The first kappa shape index (κ1) is 21.1. The van der Waals surface area contributed by atoms with Crippen molar-refractivity contribution in [3.05, 3.63) is 64.9 Å². The minimum absolute atomic E-state index is 0.174. The maximum atomic E-state index is 13.5. The van der Waals surface area contributed by atoms with Gasteiger partial charge in [-0.15, -0.1) is 0 Å². The third kappa shape index (κ3) is 5.14. The summed E-state index contributed by atoms with van der Waals surface area (Å²) in [6.07, 6.45) is 0.210. The molecule has 31 heavy (non-hydrogen) atoms. The summed E-state index contributed by atoms with van der Waals surface area (Å²) in [5.74, 6) is -0.536. The van der Waals surface area contributed by atoms with Gasteiger partial charge in [0, 0.05) is 48.9 Å². The van der Waals surface area contributed by atoms with Crippen LogP contribution in [-0.4, -0.2) is 59.7 Å². The number of benzene rings is 2. The van der Waals surface area contributed by atoms with Gasteiger partial charge < -0.3 is 20.0 Å². The summed E-state index contributed by atoms with van der Waals surface area (Å²) in [5, 5.41) is 7.36. The van der Waals surface area contributed by atoms with E-state index in [2.05, 4.69) is 10.5 Å². The number of halogens is 2. The fraction of sp³-hybridized carbons (Fsp3) is 0.318. The smallest absolute Gasteiger partial charge is 0.321 e. The zero-order valence-corrected chi connectivity index (χ0v) is 17.5. The number of anilines is 1. The van der Waals surface area contributed by atoms with Crippen LogP contribution in [0.1, 0.15) is 18.4 Å². The van der Waals surface area contributed by atoms with Crippen molar-refractivity contribution in [3.8, 4) is 0 Å². The van der Waals surface area contributed by atoms with Crippen molar-refractivity contribution in [2.75, 3.05) is 31.5 Å². The molecule has 1 unspecified atom stereocenters. The molecular formula is C22H22ClFN4O3. The molecule has 2 aliphatic rings. The predicted molar refractivity (Wildman–Crippen MR) is 116 cm³/mol. The minimum atomic E-state index is -0.731. The summed E-state index contributed by atoms with van der Waals surface area (Å²) in [6.45, 7) is 1.86. The Bertz CT molecular complexity index is 1020. The van der Waals surface area contributed by atoms with Crippen molar-refractivity contribution in [3.63, 3.8) is 0 Å². The Balaban J connectivity index is 1.31. The molecule has 0 aliphatic carbocycles. The Hall–Kier alpha value is -3.13. The molecule has 0 radical (unpaired) electrons. The number of rotatable bonds is 3. The fourth-order valence-corrected chi connectivity index (χ4v) is 3.85. The lowest BCUT2D eigenvalue weighted by molar-refractivity contribution is -0.141. The van der Waals surface area contributed by atoms with E-state index >= 15 is 0 Å². The van der Waals surface area contributed by atoms with E-state index in [-0.39, 0.29) is 24.2 Å². The Morgan fingerprint density at radius 3 is 2.65 bits per heavy atom. The number of carbonyl (C=O) groups is 2. The van der Waals surface area contributed by atoms with Gasteiger partial charge in [-0.1, -0.05) is 35.0 Å². The van der Waals surface area contributed by atoms with Gasteiger partial charge >= 0.3 is 6.03 Å². The van der Waals surface area contributed by atoms with E-state index in [4.69, 9.17) is 16.4 Å². The average Bonchev–Trinajstić information content (AvgIpc) is 3.11. The van der Waals surface area contributed by atoms with Gasteiger partial charge in [0.2, 0.25) is 6.10 Å². The van der Waals surface area contributed by atoms with Crippen LogP contribution in [0.3, 0.4) is 0 Å². The maximum absolute atomic E-state index is 13.5. The summed E-state index contributed by atoms with van der Waals surface area (Å²) in [4.78, 5) is 34.2. The number of oxime groups is 1. The highest BCUT2D eigenvalue weighted by Gasteiger charge is 2.33. The third-order valence-corrected chi connectivity index (χ3v) is 5.51. The highest BCUT2D eigenvalue weighted by Crippen LogP contribution is 2.20. The van der Waals surface area contributed by atoms with Crippen molar-refractivity contribution in [1.82, 2.24) is 9.80 Å². The quantitative estimate of drug-likeness (QED) is 0.783. The summed E-state index contributed by atoms with van der Waals surface area (Å²) in [6, 6.07) is 12.8. The second-order valence-electron chi connectivity index (χ2n) is 7.45. The van der Waals surface area contributed by atoms with Crippen LogP contribution in [-0.2, 0) is 9.63 Å². The van der Waals surface area contributed by atoms with Crippen LogP contribution in [0.4, 0.5) is 14.9 Å². The third-order valence-electron chi connectivity index (χ3n) is 5.27. The standard InChI is InChI=1S/C22H22ClFN4O3/c23-16-5-2-7-18(13-16)25-22(30)28-9-3-8-27(10-11-28)21(29)20-14-19(26-31-20)15-4-1-6-17(24)12-15/h1-2,4-7,12-13,20H,3,8-11,14H2,(H,25,30). The van der Waals surface area contributed by atoms with E-state index in [1.54, 1.807) is 46.2 Å². The van der Waals surface area contributed by atoms with E-state index < -0.39 is 6.10 Å². The van der Waals surface area contributed by atoms with Gasteiger partial charge in [-0.3, -0.25) is 4.79 Å². The van der Waals surface area contributed by atoms with Crippen molar-refractivity contribution in [2.45, 2.75) is 18.9 Å². The van der Waals surface area contributed by atoms with Gasteiger partial charge in [0.15, 0.2) is 0 Å². The molecular weight excluding hydrogens is 423 g/mol. The van der Waals surface area contributed by atoms with Gasteiger partial charge in [-0.25, -0.2) is 9.18 Å². The van der Waals surface area contributed by atoms with E-state index in [0.717, 1.165) is 0 Å². The van der Waals surface area contributed by atoms with Crippen LogP contribution < -0.4 is 5.32 Å². The molecule has 1 fully saturated rings. The zero-order chi connectivity index (χ0) is 21.8. The zero-order valence-electron chi connectivity index (χ0n) is 16.8. The Morgan fingerprint density at radius 1 is 1.06 bits per heavy atom. The van der Waals surface area contributed by atoms with Crippen molar-refractivity contribution < 1.29 is 18.8 Å². The number of nitrogens with zero attached hydrogens (tertiary/aromatic N) is 3. The van der Waals surface area contributed by atoms with Gasteiger partial charge in [0.25, 0.3) is 5.91 Å². The molecule has 0 aromatic heterocycles. The molecule has 2 aliphatic heterocycles. The highest BCUT2D eigenvalue weighted by atomic mass is 35.5.